The first-order valence-corrected chi connectivity index (χ1v) is 7.60. The molecule has 0 atom stereocenters. The van der Waals surface area contributed by atoms with Crippen LogP contribution in [-0.4, -0.2) is 31.2 Å². The molecule has 7 heteroatoms. The average Bonchev–Trinajstić information content (AvgIpc) is 2.40. The SMILES string of the molecule is Cl.Clc1cc(Cl)c2c(N3CCNCC3)c(Br)cnc2c1. The largest absolute Gasteiger partial charge is 0.367 e. The highest BCUT2D eigenvalue weighted by atomic mass is 79.9. The number of halogens is 4. The molecule has 2 heterocycles. The normalized spacial score (nSPS) is 15.2. The summed E-state index contributed by atoms with van der Waals surface area (Å²) in [4.78, 5) is 6.72. The van der Waals surface area contributed by atoms with Crippen molar-refractivity contribution in [2.75, 3.05) is 31.1 Å². The molecule has 0 bridgehead atoms. The van der Waals surface area contributed by atoms with E-state index in [2.05, 4.69) is 31.1 Å². The van der Waals surface area contributed by atoms with Crippen LogP contribution in [0.2, 0.25) is 10.0 Å². The van der Waals surface area contributed by atoms with E-state index in [0.29, 0.717) is 10.0 Å². The summed E-state index contributed by atoms with van der Waals surface area (Å²) in [7, 11) is 0. The smallest absolute Gasteiger partial charge is 0.0753 e. The highest BCUT2D eigenvalue weighted by Gasteiger charge is 2.19. The maximum atomic E-state index is 6.37. The van der Waals surface area contributed by atoms with Gasteiger partial charge in [0.15, 0.2) is 0 Å². The molecule has 108 valence electrons. The third-order valence-corrected chi connectivity index (χ3v) is 4.34. The number of nitrogens with zero attached hydrogens (tertiary/aromatic N) is 2. The Morgan fingerprint density at radius 2 is 1.90 bits per heavy atom. The lowest BCUT2D eigenvalue weighted by molar-refractivity contribution is 0.589. The Morgan fingerprint density at radius 1 is 1.20 bits per heavy atom. The van der Waals surface area contributed by atoms with E-state index in [1.54, 1.807) is 6.07 Å². The van der Waals surface area contributed by atoms with Crippen molar-refractivity contribution in [2.24, 2.45) is 0 Å². The fraction of sp³-hybridized carbons (Fsp3) is 0.308. The third-order valence-electron chi connectivity index (χ3n) is 3.25. The number of hydrogen-bond donors (Lipinski definition) is 1. The van der Waals surface area contributed by atoms with Gasteiger partial charge in [0.25, 0.3) is 0 Å². The number of benzene rings is 1. The van der Waals surface area contributed by atoms with E-state index in [4.69, 9.17) is 23.2 Å². The van der Waals surface area contributed by atoms with Crippen LogP contribution in [0.1, 0.15) is 0 Å². The molecule has 2 aromatic rings. The third kappa shape index (κ3) is 3.00. The first kappa shape index (κ1) is 16.1. The summed E-state index contributed by atoms with van der Waals surface area (Å²) >= 11 is 16.0. The summed E-state index contributed by atoms with van der Waals surface area (Å²) < 4.78 is 0.964. The van der Waals surface area contributed by atoms with Crippen molar-refractivity contribution in [1.29, 1.82) is 0 Å². The molecule has 0 spiro atoms. The zero-order valence-electron chi connectivity index (χ0n) is 10.5. The first-order chi connectivity index (χ1) is 9.16. The van der Waals surface area contributed by atoms with Gasteiger partial charge in [0.2, 0.25) is 0 Å². The lowest BCUT2D eigenvalue weighted by Gasteiger charge is -2.31. The zero-order chi connectivity index (χ0) is 13.4. The zero-order valence-corrected chi connectivity index (χ0v) is 14.4. The Labute approximate surface area is 142 Å². The van der Waals surface area contributed by atoms with Gasteiger partial charge in [-0.15, -0.1) is 12.4 Å². The van der Waals surface area contributed by atoms with E-state index < -0.39 is 0 Å². The predicted octanol–water partition coefficient (Wildman–Crippen LogP) is 4.14. The molecule has 1 aromatic heterocycles. The topological polar surface area (TPSA) is 28.2 Å². The highest BCUT2D eigenvalue weighted by molar-refractivity contribution is 9.10. The number of piperazine rings is 1. The Kier molecular flexibility index (Phi) is 5.37. The molecule has 1 aliphatic rings. The molecule has 0 aliphatic carbocycles. The van der Waals surface area contributed by atoms with Gasteiger partial charge in [-0.25, -0.2) is 0 Å². The van der Waals surface area contributed by atoms with Crippen molar-refractivity contribution in [3.05, 3.63) is 32.8 Å². The summed E-state index contributed by atoms with van der Waals surface area (Å²) in [6, 6.07) is 3.62. The quantitative estimate of drug-likeness (QED) is 0.784. The second-order valence-electron chi connectivity index (χ2n) is 4.47. The number of hydrogen-bond acceptors (Lipinski definition) is 3. The summed E-state index contributed by atoms with van der Waals surface area (Å²) in [5.74, 6) is 0. The number of pyridine rings is 1. The van der Waals surface area contributed by atoms with Crippen LogP contribution < -0.4 is 10.2 Å². The van der Waals surface area contributed by atoms with Crippen molar-refractivity contribution < 1.29 is 0 Å². The van der Waals surface area contributed by atoms with Crippen LogP contribution in [0.5, 0.6) is 0 Å². The van der Waals surface area contributed by atoms with Crippen LogP contribution in [0.25, 0.3) is 10.9 Å². The van der Waals surface area contributed by atoms with E-state index in [0.717, 1.165) is 47.2 Å². The summed E-state index contributed by atoms with van der Waals surface area (Å²) in [6.07, 6.45) is 1.81. The Balaban J connectivity index is 0.00000147. The first-order valence-electron chi connectivity index (χ1n) is 6.06. The van der Waals surface area contributed by atoms with E-state index in [-0.39, 0.29) is 12.4 Å². The lowest BCUT2D eigenvalue weighted by atomic mass is 10.1. The fourth-order valence-corrected chi connectivity index (χ4v) is 3.52. The van der Waals surface area contributed by atoms with Gasteiger partial charge in [0.1, 0.15) is 0 Å². The molecule has 3 nitrogen and oxygen atoms in total. The fourth-order valence-electron chi connectivity index (χ4n) is 2.40. The minimum Gasteiger partial charge on any atom is -0.367 e. The summed E-state index contributed by atoms with van der Waals surface area (Å²) in [5, 5.41) is 5.56. The van der Waals surface area contributed by atoms with Crippen molar-refractivity contribution in [2.45, 2.75) is 0 Å². The second kappa shape index (κ2) is 6.67. The monoisotopic (exact) mass is 395 g/mol. The van der Waals surface area contributed by atoms with Crippen LogP contribution in [-0.2, 0) is 0 Å². The van der Waals surface area contributed by atoms with E-state index in [1.807, 2.05) is 12.3 Å². The van der Waals surface area contributed by atoms with Gasteiger partial charge in [-0.2, -0.15) is 0 Å². The Hall–Kier alpha value is -0.260. The molecule has 3 rings (SSSR count). The molecular formula is C13H13BrCl3N3. The number of nitrogens with one attached hydrogen (secondary N) is 1. The van der Waals surface area contributed by atoms with Crippen LogP contribution in [0.4, 0.5) is 5.69 Å². The van der Waals surface area contributed by atoms with Crippen LogP contribution in [0.3, 0.4) is 0 Å². The van der Waals surface area contributed by atoms with Crippen LogP contribution in [0, 0.1) is 0 Å². The maximum Gasteiger partial charge on any atom is 0.0753 e. The highest BCUT2D eigenvalue weighted by Crippen LogP contribution is 2.38. The molecule has 0 saturated carbocycles. The minimum atomic E-state index is 0. The summed E-state index contributed by atoms with van der Waals surface area (Å²) in [5.41, 5.74) is 1.93. The van der Waals surface area contributed by atoms with Crippen molar-refractivity contribution >= 4 is 68.1 Å². The molecular weight excluding hydrogens is 384 g/mol. The van der Waals surface area contributed by atoms with Crippen molar-refractivity contribution in [1.82, 2.24) is 10.3 Å². The molecule has 0 unspecified atom stereocenters. The van der Waals surface area contributed by atoms with Gasteiger partial charge in [-0.3, -0.25) is 4.98 Å². The number of fused-ring (bicyclic) bond motifs is 1. The van der Waals surface area contributed by atoms with E-state index in [1.165, 1.54) is 0 Å². The second-order valence-corrected chi connectivity index (χ2v) is 6.17. The van der Waals surface area contributed by atoms with Crippen LogP contribution >= 0.6 is 51.5 Å². The molecule has 0 radical (unpaired) electrons. The van der Waals surface area contributed by atoms with Gasteiger partial charge in [-0.1, -0.05) is 23.2 Å². The molecule has 1 aliphatic heterocycles. The molecule has 20 heavy (non-hydrogen) atoms. The van der Waals surface area contributed by atoms with Gasteiger partial charge in [-0.05, 0) is 28.1 Å². The average molecular weight is 398 g/mol. The number of aromatic nitrogens is 1. The molecule has 1 saturated heterocycles. The van der Waals surface area contributed by atoms with Gasteiger partial charge in [0.05, 0.1) is 20.7 Å². The number of rotatable bonds is 1. The van der Waals surface area contributed by atoms with Gasteiger partial charge in [0, 0.05) is 42.8 Å². The summed E-state index contributed by atoms with van der Waals surface area (Å²) in [6.45, 7) is 3.86. The number of anilines is 1. The molecule has 1 aromatic carbocycles. The van der Waals surface area contributed by atoms with Crippen molar-refractivity contribution in [3.63, 3.8) is 0 Å². The Morgan fingerprint density at radius 3 is 2.60 bits per heavy atom. The van der Waals surface area contributed by atoms with Crippen molar-refractivity contribution in [3.8, 4) is 0 Å². The minimum absolute atomic E-state index is 0. The molecule has 1 N–H and O–H groups in total. The van der Waals surface area contributed by atoms with E-state index >= 15 is 0 Å². The van der Waals surface area contributed by atoms with Crippen LogP contribution in [0.15, 0.2) is 22.8 Å². The van der Waals surface area contributed by atoms with Gasteiger partial charge >= 0.3 is 0 Å². The predicted molar refractivity (Wildman–Crippen MR) is 91.8 cm³/mol. The molecule has 0 amide bonds. The van der Waals surface area contributed by atoms with Gasteiger partial charge < -0.3 is 10.2 Å². The standard InChI is InChI=1S/C13H12BrCl2N3.ClH/c14-9-7-18-11-6-8(15)5-10(16)12(11)13(9)19-3-1-17-2-4-19;/h5-7,17H,1-4H2;1H. The van der Waals surface area contributed by atoms with E-state index in [9.17, 15) is 0 Å². The maximum absolute atomic E-state index is 6.37. The Bertz CT molecular complexity index is 630. The molecule has 1 fully saturated rings. The lowest BCUT2D eigenvalue weighted by Crippen LogP contribution is -2.43.